The minimum atomic E-state index is -0.268. The molecule has 0 aliphatic heterocycles. The highest BCUT2D eigenvalue weighted by atomic mass is 79.9. The summed E-state index contributed by atoms with van der Waals surface area (Å²) in [4.78, 5) is 12.0. The van der Waals surface area contributed by atoms with E-state index in [9.17, 15) is 4.79 Å². The predicted octanol–water partition coefficient (Wildman–Crippen LogP) is 2.71. The third-order valence-electron chi connectivity index (χ3n) is 2.79. The highest BCUT2D eigenvalue weighted by molar-refractivity contribution is 9.10. The Balaban J connectivity index is 2.24. The van der Waals surface area contributed by atoms with Gasteiger partial charge in [0.2, 0.25) is 0 Å². The minimum Gasteiger partial charge on any atom is -0.464 e. The number of anilines is 1. The summed E-state index contributed by atoms with van der Waals surface area (Å²) in [5, 5.41) is 7.20. The number of hydrogen-bond acceptors (Lipinski definition) is 4. The lowest BCUT2D eigenvalue weighted by molar-refractivity contribution is 0.466. The van der Waals surface area contributed by atoms with Crippen molar-refractivity contribution in [3.05, 3.63) is 44.7 Å². The highest BCUT2D eigenvalue weighted by Gasteiger charge is 2.14. The van der Waals surface area contributed by atoms with E-state index in [0.717, 1.165) is 11.5 Å². The zero-order valence-corrected chi connectivity index (χ0v) is 12.8. The Kier molecular flexibility index (Phi) is 4.30. The van der Waals surface area contributed by atoms with Crippen molar-refractivity contribution in [1.82, 2.24) is 9.78 Å². The van der Waals surface area contributed by atoms with Crippen LogP contribution in [0.2, 0.25) is 0 Å². The molecule has 0 saturated heterocycles. The van der Waals surface area contributed by atoms with E-state index in [2.05, 4.69) is 32.3 Å². The summed E-state index contributed by atoms with van der Waals surface area (Å²) in [5.41, 5.74) is 0.334. The van der Waals surface area contributed by atoms with Crippen LogP contribution in [0.3, 0.4) is 0 Å². The van der Waals surface area contributed by atoms with Gasteiger partial charge in [-0.3, -0.25) is 4.79 Å². The first kappa shape index (κ1) is 14.4. The summed E-state index contributed by atoms with van der Waals surface area (Å²) in [6.07, 6.45) is 6.75. The molecular formula is C14H14BrN3O2. The molecule has 2 heterocycles. The van der Waals surface area contributed by atoms with Gasteiger partial charge in [0.05, 0.1) is 17.9 Å². The Morgan fingerprint density at radius 2 is 2.35 bits per heavy atom. The topological polar surface area (TPSA) is 60.1 Å². The molecule has 2 rings (SSSR count). The number of terminal acetylenes is 1. The Morgan fingerprint density at radius 3 is 2.95 bits per heavy atom. The molecule has 0 amide bonds. The highest BCUT2D eigenvalue weighted by Crippen LogP contribution is 2.24. The summed E-state index contributed by atoms with van der Waals surface area (Å²) in [7, 11) is 0. The van der Waals surface area contributed by atoms with Crippen molar-refractivity contribution < 1.29 is 4.42 Å². The molecule has 1 atom stereocenters. The molecule has 0 radical (unpaired) electrons. The zero-order valence-electron chi connectivity index (χ0n) is 11.2. The van der Waals surface area contributed by atoms with Crippen LogP contribution in [0.15, 0.2) is 32.0 Å². The molecule has 5 nitrogen and oxygen atoms in total. The van der Waals surface area contributed by atoms with Crippen LogP contribution in [0.4, 0.5) is 5.69 Å². The van der Waals surface area contributed by atoms with Crippen LogP contribution in [-0.4, -0.2) is 9.78 Å². The van der Waals surface area contributed by atoms with Gasteiger partial charge in [0.25, 0.3) is 5.56 Å². The molecule has 0 aromatic carbocycles. The molecule has 1 unspecified atom stereocenters. The van der Waals surface area contributed by atoms with E-state index in [-0.39, 0.29) is 18.1 Å². The van der Waals surface area contributed by atoms with E-state index in [0.29, 0.717) is 10.2 Å². The molecule has 20 heavy (non-hydrogen) atoms. The van der Waals surface area contributed by atoms with Gasteiger partial charge in [0.1, 0.15) is 22.5 Å². The van der Waals surface area contributed by atoms with Crippen molar-refractivity contribution in [1.29, 1.82) is 0 Å². The SMILES string of the molecule is C#CCn1ncc(NC(C)c2ccc(C)o2)c(Br)c1=O. The van der Waals surface area contributed by atoms with Crippen molar-refractivity contribution >= 4 is 21.6 Å². The Labute approximate surface area is 125 Å². The van der Waals surface area contributed by atoms with Gasteiger partial charge in [0.15, 0.2) is 0 Å². The normalized spacial score (nSPS) is 11.9. The standard InChI is InChI=1S/C14H14BrN3O2/c1-4-7-18-14(19)13(15)11(8-16-18)17-10(3)12-6-5-9(2)20-12/h1,5-6,8,10,17H,7H2,2-3H3. The molecule has 2 aromatic heterocycles. The first-order chi connectivity index (χ1) is 9.52. The molecule has 1 N–H and O–H groups in total. The zero-order chi connectivity index (χ0) is 14.7. The fourth-order valence-electron chi connectivity index (χ4n) is 1.76. The van der Waals surface area contributed by atoms with Gasteiger partial charge in [-0.15, -0.1) is 6.42 Å². The molecule has 104 valence electrons. The maximum Gasteiger partial charge on any atom is 0.284 e. The van der Waals surface area contributed by atoms with Gasteiger partial charge in [-0.2, -0.15) is 5.10 Å². The number of nitrogens with zero attached hydrogens (tertiary/aromatic N) is 2. The lowest BCUT2D eigenvalue weighted by atomic mass is 10.2. The summed E-state index contributed by atoms with van der Waals surface area (Å²) < 4.78 is 7.16. The van der Waals surface area contributed by atoms with Crippen molar-refractivity contribution in [3.8, 4) is 12.3 Å². The van der Waals surface area contributed by atoms with Crippen LogP contribution in [0.5, 0.6) is 0 Å². The molecule has 0 saturated carbocycles. The van der Waals surface area contributed by atoms with Crippen molar-refractivity contribution in [3.63, 3.8) is 0 Å². The monoisotopic (exact) mass is 335 g/mol. The van der Waals surface area contributed by atoms with Crippen molar-refractivity contribution in [2.24, 2.45) is 0 Å². The molecule has 2 aromatic rings. The summed E-state index contributed by atoms with van der Waals surface area (Å²) in [6.45, 7) is 3.97. The number of nitrogens with one attached hydrogen (secondary N) is 1. The van der Waals surface area contributed by atoms with E-state index >= 15 is 0 Å². The number of aryl methyl sites for hydroxylation is 1. The number of halogens is 1. The van der Waals surface area contributed by atoms with Crippen LogP contribution in [0.1, 0.15) is 24.5 Å². The lowest BCUT2D eigenvalue weighted by Crippen LogP contribution is -2.24. The molecule has 0 aliphatic carbocycles. The summed E-state index contributed by atoms with van der Waals surface area (Å²) >= 11 is 3.27. The van der Waals surface area contributed by atoms with E-state index in [1.807, 2.05) is 26.0 Å². The van der Waals surface area contributed by atoms with Gasteiger partial charge in [-0.25, -0.2) is 4.68 Å². The Bertz CT molecular complexity index is 712. The quantitative estimate of drug-likeness (QED) is 0.872. The first-order valence-corrected chi connectivity index (χ1v) is 6.84. The van der Waals surface area contributed by atoms with Crippen LogP contribution >= 0.6 is 15.9 Å². The molecular weight excluding hydrogens is 322 g/mol. The molecule has 0 spiro atoms. The van der Waals surface area contributed by atoms with Crippen LogP contribution in [0, 0.1) is 19.3 Å². The average Bonchev–Trinajstić information content (AvgIpc) is 2.85. The van der Waals surface area contributed by atoms with Crippen LogP contribution < -0.4 is 10.9 Å². The minimum absolute atomic E-state index is 0.0790. The van der Waals surface area contributed by atoms with Gasteiger partial charge >= 0.3 is 0 Å². The number of aromatic nitrogens is 2. The lowest BCUT2D eigenvalue weighted by Gasteiger charge is -2.14. The number of rotatable bonds is 4. The predicted molar refractivity (Wildman–Crippen MR) is 80.5 cm³/mol. The van der Waals surface area contributed by atoms with E-state index < -0.39 is 0 Å². The summed E-state index contributed by atoms with van der Waals surface area (Å²) in [5.74, 6) is 4.02. The maximum absolute atomic E-state index is 12.0. The van der Waals surface area contributed by atoms with Gasteiger partial charge in [0, 0.05) is 0 Å². The Hall–Kier alpha value is -2.00. The smallest absolute Gasteiger partial charge is 0.284 e. The van der Waals surface area contributed by atoms with Crippen LogP contribution in [-0.2, 0) is 6.54 Å². The fourth-order valence-corrected chi connectivity index (χ4v) is 2.18. The van der Waals surface area contributed by atoms with Crippen molar-refractivity contribution in [2.75, 3.05) is 5.32 Å². The largest absolute Gasteiger partial charge is 0.464 e. The van der Waals surface area contributed by atoms with E-state index in [1.54, 1.807) is 6.20 Å². The average molecular weight is 336 g/mol. The van der Waals surface area contributed by atoms with Crippen molar-refractivity contribution in [2.45, 2.75) is 26.4 Å². The number of hydrogen-bond donors (Lipinski definition) is 1. The third kappa shape index (κ3) is 2.94. The fraction of sp³-hybridized carbons (Fsp3) is 0.286. The van der Waals surface area contributed by atoms with Crippen LogP contribution in [0.25, 0.3) is 0 Å². The van der Waals surface area contributed by atoms with E-state index in [4.69, 9.17) is 10.8 Å². The van der Waals surface area contributed by atoms with Gasteiger partial charge in [-0.05, 0) is 41.9 Å². The molecule has 0 fully saturated rings. The summed E-state index contributed by atoms with van der Waals surface area (Å²) in [6, 6.07) is 3.71. The molecule has 0 bridgehead atoms. The second-order valence-corrected chi connectivity index (χ2v) is 5.15. The second-order valence-electron chi connectivity index (χ2n) is 4.35. The molecule has 6 heteroatoms. The molecule has 0 aliphatic rings. The Morgan fingerprint density at radius 1 is 1.60 bits per heavy atom. The number of furan rings is 1. The van der Waals surface area contributed by atoms with E-state index in [1.165, 1.54) is 4.68 Å². The third-order valence-corrected chi connectivity index (χ3v) is 3.55. The first-order valence-electron chi connectivity index (χ1n) is 6.05. The van der Waals surface area contributed by atoms with Gasteiger partial charge in [-0.1, -0.05) is 5.92 Å². The maximum atomic E-state index is 12.0. The second kappa shape index (κ2) is 5.97. The van der Waals surface area contributed by atoms with Gasteiger partial charge < -0.3 is 9.73 Å².